The molecule has 1 aliphatic rings. The SMILES string of the molecule is Cc1nc(-c2ccc(Cl)s2)sc1C(=O)N1CCCN(CC(=O)N(C)C)CC1. The number of rotatable bonds is 4. The lowest BCUT2D eigenvalue weighted by Gasteiger charge is -2.22. The van der Waals surface area contributed by atoms with Crippen LogP contribution in [0.15, 0.2) is 12.1 Å². The minimum Gasteiger partial charge on any atom is -0.348 e. The summed E-state index contributed by atoms with van der Waals surface area (Å²) in [6.45, 7) is 5.13. The third kappa shape index (κ3) is 4.87. The van der Waals surface area contributed by atoms with E-state index in [1.165, 1.54) is 22.7 Å². The van der Waals surface area contributed by atoms with Gasteiger partial charge in [-0.1, -0.05) is 11.6 Å². The molecule has 1 saturated heterocycles. The highest BCUT2D eigenvalue weighted by molar-refractivity contribution is 7.24. The number of halogens is 1. The third-order valence-corrected chi connectivity index (χ3v) is 7.05. The van der Waals surface area contributed by atoms with Crippen molar-refractivity contribution in [3.05, 3.63) is 27.0 Å². The molecule has 1 fully saturated rings. The molecule has 0 bridgehead atoms. The minimum atomic E-state index is 0.0275. The van der Waals surface area contributed by atoms with Gasteiger partial charge < -0.3 is 9.80 Å². The maximum absolute atomic E-state index is 13.0. The summed E-state index contributed by atoms with van der Waals surface area (Å²) in [5, 5.41) is 0.834. The first-order valence-electron chi connectivity index (χ1n) is 8.80. The number of hydrogen-bond donors (Lipinski definition) is 0. The molecular formula is C18H23ClN4O2S2. The van der Waals surface area contributed by atoms with Gasteiger partial charge in [0, 0.05) is 40.3 Å². The van der Waals surface area contributed by atoms with E-state index >= 15 is 0 Å². The van der Waals surface area contributed by atoms with Crippen molar-refractivity contribution >= 4 is 46.1 Å². The molecule has 0 N–H and O–H groups in total. The summed E-state index contributed by atoms with van der Waals surface area (Å²) in [5.41, 5.74) is 0.758. The van der Waals surface area contributed by atoms with Crippen molar-refractivity contribution in [2.24, 2.45) is 0 Å². The standard InChI is InChI=1S/C18H23ClN4O2S2/c1-12-16(27-17(20-12)13-5-6-14(19)26-13)18(25)23-8-4-7-22(9-10-23)11-15(24)21(2)3/h5-6H,4,7-11H2,1-3H3. The number of thiazole rings is 1. The number of carbonyl (C=O) groups is 2. The van der Waals surface area contributed by atoms with Crippen molar-refractivity contribution in [1.29, 1.82) is 0 Å². The zero-order valence-electron chi connectivity index (χ0n) is 15.7. The van der Waals surface area contributed by atoms with E-state index in [0.717, 1.165) is 28.5 Å². The van der Waals surface area contributed by atoms with Crippen LogP contribution in [0.3, 0.4) is 0 Å². The Bertz CT molecular complexity index is 833. The molecule has 2 aromatic heterocycles. The first kappa shape index (κ1) is 20.3. The Balaban J connectivity index is 1.67. The van der Waals surface area contributed by atoms with Gasteiger partial charge in [0.15, 0.2) is 0 Å². The van der Waals surface area contributed by atoms with Crippen molar-refractivity contribution in [3.8, 4) is 9.88 Å². The number of thiophene rings is 1. The Morgan fingerprint density at radius 1 is 1.19 bits per heavy atom. The molecule has 0 unspecified atom stereocenters. The van der Waals surface area contributed by atoms with Crippen LogP contribution in [0.1, 0.15) is 21.8 Å². The van der Waals surface area contributed by atoms with Gasteiger partial charge in [-0.25, -0.2) is 4.98 Å². The summed E-state index contributed by atoms with van der Waals surface area (Å²) in [7, 11) is 3.53. The maximum Gasteiger partial charge on any atom is 0.265 e. The van der Waals surface area contributed by atoms with E-state index in [4.69, 9.17) is 11.6 Å². The minimum absolute atomic E-state index is 0.0275. The quantitative estimate of drug-likeness (QED) is 0.753. The molecule has 27 heavy (non-hydrogen) atoms. The molecule has 6 nitrogen and oxygen atoms in total. The van der Waals surface area contributed by atoms with Crippen LogP contribution >= 0.6 is 34.3 Å². The summed E-state index contributed by atoms with van der Waals surface area (Å²) >= 11 is 8.91. The summed E-state index contributed by atoms with van der Waals surface area (Å²) in [5.74, 6) is 0.118. The second kappa shape index (κ2) is 8.68. The zero-order chi connectivity index (χ0) is 19.6. The molecule has 2 amide bonds. The van der Waals surface area contributed by atoms with Crippen molar-refractivity contribution < 1.29 is 9.59 Å². The van der Waals surface area contributed by atoms with Crippen molar-refractivity contribution in [2.45, 2.75) is 13.3 Å². The van der Waals surface area contributed by atoms with Crippen LogP contribution in [0.2, 0.25) is 4.34 Å². The van der Waals surface area contributed by atoms with Crippen LogP contribution < -0.4 is 0 Å². The van der Waals surface area contributed by atoms with Gasteiger partial charge in [0.05, 0.1) is 21.5 Å². The lowest BCUT2D eigenvalue weighted by atomic mass is 10.3. The average molecular weight is 427 g/mol. The molecular weight excluding hydrogens is 404 g/mol. The molecule has 0 aromatic carbocycles. The number of aryl methyl sites for hydroxylation is 1. The Kier molecular flexibility index (Phi) is 6.52. The maximum atomic E-state index is 13.0. The van der Waals surface area contributed by atoms with Crippen LogP contribution in [-0.2, 0) is 4.79 Å². The fourth-order valence-electron chi connectivity index (χ4n) is 2.94. The van der Waals surface area contributed by atoms with Gasteiger partial charge in [0.1, 0.15) is 9.88 Å². The van der Waals surface area contributed by atoms with Crippen molar-refractivity contribution in [3.63, 3.8) is 0 Å². The molecule has 3 rings (SSSR count). The molecule has 0 aliphatic carbocycles. The highest BCUT2D eigenvalue weighted by atomic mass is 35.5. The van der Waals surface area contributed by atoms with Crippen LogP contribution in [0.4, 0.5) is 0 Å². The first-order chi connectivity index (χ1) is 12.8. The van der Waals surface area contributed by atoms with Gasteiger partial charge in [-0.2, -0.15) is 0 Å². The van der Waals surface area contributed by atoms with E-state index in [0.29, 0.717) is 35.4 Å². The van der Waals surface area contributed by atoms with E-state index in [1.54, 1.807) is 19.0 Å². The van der Waals surface area contributed by atoms with E-state index in [9.17, 15) is 9.59 Å². The zero-order valence-corrected chi connectivity index (χ0v) is 18.1. The fourth-order valence-corrected chi connectivity index (χ4v) is 5.07. The second-order valence-corrected chi connectivity index (χ2v) is 9.46. The molecule has 0 spiro atoms. The van der Waals surface area contributed by atoms with Gasteiger partial charge in [-0.15, -0.1) is 22.7 Å². The molecule has 1 aliphatic heterocycles. The summed E-state index contributed by atoms with van der Waals surface area (Å²) in [6.07, 6.45) is 0.859. The number of carbonyl (C=O) groups excluding carboxylic acids is 2. The molecule has 0 radical (unpaired) electrons. The van der Waals surface area contributed by atoms with Crippen molar-refractivity contribution in [2.75, 3.05) is 46.8 Å². The lowest BCUT2D eigenvalue weighted by Crippen LogP contribution is -2.39. The van der Waals surface area contributed by atoms with Crippen LogP contribution in [-0.4, -0.2) is 78.3 Å². The van der Waals surface area contributed by atoms with E-state index in [2.05, 4.69) is 9.88 Å². The highest BCUT2D eigenvalue weighted by Crippen LogP contribution is 2.35. The summed E-state index contributed by atoms with van der Waals surface area (Å²) < 4.78 is 0.714. The lowest BCUT2D eigenvalue weighted by molar-refractivity contribution is -0.129. The largest absolute Gasteiger partial charge is 0.348 e. The number of likely N-dealkylation sites (N-methyl/N-ethyl adjacent to an activating group) is 1. The number of hydrogen-bond acceptors (Lipinski definition) is 6. The topological polar surface area (TPSA) is 56.8 Å². The number of nitrogens with zero attached hydrogens (tertiary/aromatic N) is 4. The van der Waals surface area contributed by atoms with Crippen molar-refractivity contribution in [1.82, 2.24) is 19.7 Å². The molecule has 2 aromatic rings. The average Bonchev–Trinajstić information content (AvgIpc) is 3.14. The van der Waals surface area contributed by atoms with E-state index < -0.39 is 0 Å². The normalized spacial score (nSPS) is 15.6. The van der Waals surface area contributed by atoms with Crippen LogP contribution in [0, 0.1) is 6.92 Å². The predicted molar refractivity (Wildman–Crippen MR) is 111 cm³/mol. The monoisotopic (exact) mass is 426 g/mol. The van der Waals surface area contributed by atoms with Crippen LogP contribution in [0.25, 0.3) is 9.88 Å². The number of aromatic nitrogens is 1. The fraction of sp³-hybridized carbons (Fsp3) is 0.500. The van der Waals surface area contributed by atoms with Gasteiger partial charge >= 0.3 is 0 Å². The van der Waals surface area contributed by atoms with Crippen LogP contribution in [0.5, 0.6) is 0 Å². The molecule has 0 saturated carbocycles. The van der Waals surface area contributed by atoms with E-state index in [-0.39, 0.29) is 11.8 Å². The van der Waals surface area contributed by atoms with Gasteiger partial charge in [0.25, 0.3) is 5.91 Å². The predicted octanol–water partition coefficient (Wildman–Crippen LogP) is 3.07. The second-order valence-electron chi connectivity index (χ2n) is 6.75. The van der Waals surface area contributed by atoms with Gasteiger partial charge in [-0.3, -0.25) is 14.5 Å². The first-order valence-corrected chi connectivity index (χ1v) is 10.8. The third-order valence-electron chi connectivity index (χ3n) is 4.51. The summed E-state index contributed by atoms with van der Waals surface area (Å²) in [6, 6.07) is 3.78. The molecule has 146 valence electrons. The highest BCUT2D eigenvalue weighted by Gasteiger charge is 2.25. The number of amides is 2. The Morgan fingerprint density at radius 2 is 1.96 bits per heavy atom. The Hall–Kier alpha value is -1.48. The smallest absolute Gasteiger partial charge is 0.265 e. The Labute approximate surface area is 172 Å². The molecule has 9 heteroatoms. The molecule has 0 atom stereocenters. The van der Waals surface area contributed by atoms with Gasteiger partial charge in [0.2, 0.25) is 5.91 Å². The summed E-state index contributed by atoms with van der Waals surface area (Å²) in [4.78, 5) is 36.8. The van der Waals surface area contributed by atoms with Gasteiger partial charge in [-0.05, 0) is 25.5 Å². The molecule has 3 heterocycles. The van der Waals surface area contributed by atoms with E-state index in [1.807, 2.05) is 24.0 Å². The Morgan fingerprint density at radius 3 is 2.63 bits per heavy atom.